The van der Waals surface area contributed by atoms with Crippen molar-refractivity contribution < 1.29 is 24.5 Å². The second-order valence-corrected chi connectivity index (χ2v) is 19.7. The van der Waals surface area contributed by atoms with Crippen molar-refractivity contribution in [1.29, 1.82) is 0 Å². The zero-order chi connectivity index (χ0) is 45.2. The number of hydrogen-bond donors (Lipinski definition) is 3. The molecule has 0 aromatic rings. The van der Waals surface area contributed by atoms with Crippen LogP contribution in [0.15, 0.2) is 0 Å². The maximum absolute atomic E-state index is 13.2. The van der Waals surface area contributed by atoms with E-state index in [9.17, 15) is 19.8 Å². The van der Waals surface area contributed by atoms with Crippen LogP contribution >= 0.6 is 0 Å². The second kappa shape index (κ2) is 50.9. The topological polar surface area (TPSA) is 95.9 Å². The van der Waals surface area contributed by atoms with E-state index in [2.05, 4.69) is 26.1 Å². The Hall–Kier alpha value is -1.14. The predicted molar refractivity (Wildman–Crippen MR) is 269 cm³/mol. The molecule has 370 valence electrons. The summed E-state index contributed by atoms with van der Waals surface area (Å²) in [5.74, 6) is -0.451. The van der Waals surface area contributed by atoms with Gasteiger partial charge in [-0.15, -0.1) is 0 Å². The van der Waals surface area contributed by atoms with E-state index in [1.165, 1.54) is 238 Å². The first kappa shape index (κ1) is 60.9. The zero-order valence-corrected chi connectivity index (χ0v) is 42.3. The summed E-state index contributed by atoms with van der Waals surface area (Å²) < 4.78 is 5.93. The highest BCUT2D eigenvalue weighted by Gasteiger charge is 2.24. The molecule has 0 aliphatic heterocycles. The van der Waals surface area contributed by atoms with Crippen LogP contribution in [0.2, 0.25) is 0 Å². The molecule has 3 N–H and O–H groups in total. The minimum Gasteiger partial charge on any atom is -0.462 e. The summed E-state index contributed by atoms with van der Waals surface area (Å²) in [7, 11) is 0. The van der Waals surface area contributed by atoms with Crippen LogP contribution in [0.3, 0.4) is 0 Å². The van der Waals surface area contributed by atoms with Gasteiger partial charge in [-0.3, -0.25) is 9.59 Å². The van der Waals surface area contributed by atoms with E-state index in [-0.39, 0.29) is 24.9 Å². The molecule has 62 heavy (non-hydrogen) atoms. The average molecular weight is 879 g/mol. The largest absolute Gasteiger partial charge is 0.462 e. The third-order valence-corrected chi connectivity index (χ3v) is 13.4. The number of aliphatic hydroxyl groups is 2. The standard InChI is InChI=1S/C56H111NO5/c1-4-7-10-13-16-19-21-23-25-27-28-29-31-33-35-37-40-43-46-49-56(61)62-52(47-44-41-38-18-15-12-9-6-3)50-55(60)57-53(51-58)54(59)48-45-42-39-36-34-32-30-26-24-22-20-17-14-11-8-5-2/h52-54,58-59H,4-51H2,1-3H3,(H,57,60). The molecule has 0 fully saturated rings. The number of nitrogens with one attached hydrogen (secondary N) is 1. The molecule has 0 saturated carbocycles. The van der Waals surface area contributed by atoms with E-state index in [4.69, 9.17) is 4.74 Å². The molecule has 6 nitrogen and oxygen atoms in total. The Morgan fingerprint density at radius 3 is 0.984 bits per heavy atom. The lowest BCUT2D eigenvalue weighted by Gasteiger charge is -2.24. The normalized spacial score (nSPS) is 13.0. The molecule has 0 radical (unpaired) electrons. The fraction of sp³-hybridized carbons (Fsp3) is 0.964. The van der Waals surface area contributed by atoms with Crippen LogP contribution in [-0.4, -0.2) is 46.9 Å². The Balaban J connectivity index is 4.28. The molecule has 0 aromatic heterocycles. The summed E-state index contributed by atoms with van der Waals surface area (Å²) in [5, 5.41) is 23.8. The zero-order valence-electron chi connectivity index (χ0n) is 42.3. The first-order valence-electron chi connectivity index (χ1n) is 28.3. The molecule has 3 unspecified atom stereocenters. The Bertz CT molecular complexity index is 898. The van der Waals surface area contributed by atoms with Gasteiger partial charge >= 0.3 is 5.97 Å². The molecule has 6 heteroatoms. The van der Waals surface area contributed by atoms with E-state index in [1.807, 2.05) is 0 Å². The van der Waals surface area contributed by atoms with Gasteiger partial charge in [0.1, 0.15) is 6.10 Å². The Labute approximate surface area is 387 Å². The number of rotatable bonds is 52. The van der Waals surface area contributed by atoms with Gasteiger partial charge in [0.05, 0.1) is 25.2 Å². The van der Waals surface area contributed by atoms with Crippen molar-refractivity contribution in [2.45, 2.75) is 341 Å². The monoisotopic (exact) mass is 878 g/mol. The van der Waals surface area contributed by atoms with Gasteiger partial charge in [-0.2, -0.15) is 0 Å². The highest BCUT2D eigenvalue weighted by Crippen LogP contribution is 2.19. The second-order valence-electron chi connectivity index (χ2n) is 19.7. The van der Waals surface area contributed by atoms with Crippen molar-refractivity contribution in [3.05, 3.63) is 0 Å². The van der Waals surface area contributed by atoms with Crippen molar-refractivity contribution in [2.75, 3.05) is 6.61 Å². The summed E-state index contributed by atoms with van der Waals surface area (Å²) in [6.45, 7) is 6.51. The number of esters is 1. The molecule has 1 amide bonds. The van der Waals surface area contributed by atoms with Gasteiger partial charge < -0.3 is 20.3 Å². The van der Waals surface area contributed by atoms with E-state index in [0.717, 1.165) is 38.5 Å². The molecule has 3 atom stereocenters. The molecule has 0 heterocycles. The van der Waals surface area contributed by atoms with Gasteiger partial charge in [-0.05, 0) is 25.7 Å². The highest BCUT2D eigenvalue weighted by molar-refractivity contribution is 5.77. The van der Waals surface area contributed by atoms with E-state index in [0.29, 0.717) is 19.3 Å². The number of carbonyl (C=O) groups is 2. The predicted octanol–water partition coefficient (Wildman–Crippen LogP) is 17.1. The lowest BCUT2D eigenvalue weighted by Crippen LogP contribution is -2.46. The van der Waals surface area contributed by atoms with E-state index in [1.54, 1.807) is 0 Å². The highest BCUT2D eigenvalue weighted by atomic mass is 16.5. The van der Waals surface area contributed by atoms with Gasteiger partial charge in [0.15, 0.2) is 0 Å². The SMILES string of the molecule is CCCCCCCCCCCCCCCCCCCCCC(=O)OC(CCCCCCCCCC)CC(=O)NC(CO)C(O)CCCCCCCCCCCCCCCCCC. The van der Waals surface area contributed by atoms with Gasteiger partial charge in [-0.25, -0.2) is 0 Å². The number of unbranched alkanes of at least 4 members (excludes halogenated alkanes) is 40. The van der Waals surface area contributed by atoms with Gasteiger partial charge in [0, 0.05) is 6.42 Å². The Kier molecular flexibility index (Phi) is 49.9. The van der Waals surface area contributed by atoms with Crippen molar-refractivity contribution in [1.82, 2.24) is 5.32 Å². The minimum absolute atomic E-state index is 0.0870. The average Bonchev–Trinajstić information content (AvgIpc) is 3.26. The van der Waals surface area contributed by atoms with Crippen LogP contribution in [0.25, 0.3) is 0 Å². The fourth-order valence-corrected chi connectivity index (χ4v) is 9.14. The van der Waals surface area contributed by atoms with Crippen molar-refractivity contribution in [3.8, 4) is 0 Å². The lowest BCUT2D eigenvalue weighted by atomic mass is 10.0. The summed E-state index contributed by atoms with van der Waals surface area (Å²) in [4.78, 5) is 26.1. The lowest BCUT2D eigenvalue weighted by molar-refractivity contribution is -0.151. The number of aliphatic hydroxyl groups excluding tert-OH is 2. The molecule has 0 spiro atoms. The molecule has 0 saturated heterocycles. The quantitative estimate of drug-likeness (QED) is 0.0418. The summed E-state index contributed by atoms with van der Waals surface area (Å²) in [6.07, 6.45) is 56.1. The summed E-state index contributed by atoms with van der Waals surface area (Å²) in [6, 6.07) is -0.692. The molecule has 0 aliphatic carbocycles. The number of amides is 1. The first-order chi connectivity index (χ1) is 30.5. The van der Waals surface area contributed by atoms with Crippen LogP contribution in [0.4, 0.5) is 0 Å². The van der Waals surface area contributed by atoms with Crippen LogP contribution < -0.4 is 5.32 Å². The van der Waals surface area contributed by atoms with E-state index < -0.39 is 18.2 Å². The third kappa shape index (κ3) is 45.4. The number of hydrogen-bond acceptors (Lipinski definition) is 5. The van der Waals surface area contributed by atoms with Gasteiger partial charge in [0.25, 0.3) is 0 Å². The molecular weight excluding hydrogens is 767 g/mol. The molecule has 0 bridgehead atoms. The van der Waals surface area contributed by atoms with Crippen molar-refractivity contribution in [2.24, 2.45) is 0 Å². The molecular formula is C56H111NO5. The number of ether oxygens (including phenoxy) is 1. The fourth-order valence-electron chi connectivity index (χ4n) is 9.14. The molecule has 0 aromatic carbocycles. The van der Waals surface area contributed by atoms with Crippen LogP contribution in [0, 0.1) is 0 Å². The van der Waals surface area contributed by atoms with Crippen LogP contribution in [-0.2, 0) is 14.3 Å². The Morgan fingerprint density at radius 1 is 0.403 bits per heavy atom. The molecule has 0 aliphatic rings. The number of carbonyl (C=O) groups excluding carboxylic acids is 2. The summed E-state index contributed by atoms with van der Waals surface area (Å²) in [5.41, 5.74) is 0. The smallest absolute Gasteiger partial charge is 0.306 e. The van der Waals surface area contributed by atoms with Crippen molar-refractivity contribution in [3.63, 3.8) is 0 Å². The van der Waals surface area contributed by atoms with Crippen LogP contribution in [0.5, 0.6) is 0 Å². The van der Waals surface area contributed by atoms with E-state index >= 15 is 0 Å². The molecule has 0 rings (SSSR count). The Morgan fingerprint density at radius 2 is 0.677 bits per heavy atom. The summed E-state index contributed by atoms with van der Waals surface area (Å²) >= 11 is 0. The minimum atomic E-state index is -0.779. The third-order valence-electron chi connectivity index (χ3n) is 13.4. The van der Waals surface area contributed by atoms with Crippen molar-refractivity contribution >= 4 is 11.9 Å². The maximum Gasteiger partial charge on any atom is 0.306 e. The maximum atomic E-state index is 13.2. The van der Waals surface area contributed by atoms with Gasteiger partial charge in [0.2, 0.25) is 5.91 Å². The first-order valence-corrected chi connectivity index (χ1v) is 28.3. The van der Waals surface area contributed by atoms with Gasteiger partial charge in [-0.1, -0.05) is 284 Å². The van der Waals surface area contributed by atoms with Crippen LogP contribution in [0.1, 0.15) is 323 Å².